The fourth-order valence-electron chi connectivity index (χ4n) is 2.76. The van der Waals surface area contributed by atoms with Gasteiger partial charge in [0, 0.05) is 22.5 Å². The van der Waals surface area contributed by atoms with Gasteiger partial charge in [0.05, 0.1) is 16.9 Å². The van der Waals surface area contributed by atoms with E-state index in [0.29, 0.717) is 10.0 Å². The highest BCUT2D eigenvalue weighted by Gasteiger charge is 2.23. The summed E-state index contributed by atoms with van der Waals surface area (Å²) in [5.41, 5.74) is 1.90. The van der Waals surface area contributed by atoms with Crippen molar-refractivity contribution in [3.8, 4) is 0 Å². The van der Waals surface area contributed by atoms with Gasteiger partial charge in [-0.2, -0.15) is 4.99 Å². The molecular formula is C17H13ClN4O2S. The van der Waals surface area contributed by atoms with E-state index >= 15 is 0 Å². The second kappa shape index (κ2) is 5.79. The van der Waals surface area contributed by atoms with Crippen LogP contribution in [0, 0.1) is 6.92 Å². The number of nitrogens with one attached hydrogen (secondary N) is 1. The average molecular weight is 373 g/mol. The summed E-state index contributed by atoms with van der Waals surface area (Å²) in [6.45, 7) is 2.20. The number of fused-ring (bicyclic) bond motifs is 3. The zero-order valence-corrected chi connectivity index (χ0v) is 15.0. The number of amides is 2. The molecule has 3 heterocycles. The molecule has 2 amide bonds. The minimum absolute atomic E-state index is 0.181. The van der Waals surface area contributed by atoms with E-state index in [1.54, 1.807) is 18.0 Å². The molecule has 3 aromatic rings. The topological polar surface area (TPSA) is 74.7 Å². The van der Waals surface area contributed by atoms with Crippen molar-refractivity contribution in [2.24, 2.45) is 4.99 Å². The van der Waals surface area contributed by atoms with Crippen LogP contribution in [0.2, 0.25) is 5.15 Å². The largest absolute Gasteiger partial charge is 0.336 e. The SMILES string of the molecule is Cc1ccc2nc(Cl)c3cc(C(=O)N=C4NC(=O)CN4C)sc3c2c1. The normalized spacial score (nSPS) is 16.2. The lowest BCUT2D eigenvalue weighted by Crippen LogP contribution is -2.28. The van der Waals surface area contributed by atoms with E-state index in [-0.39, 0.29) is 18.4 Å². The first-order chi connectivity index (χ1) is 11.9. The molecule has 8 heteroatoms. The lowest BCUT2D eigenvalue weighted by molar-refractivity contribution is -0.118. The van der Waals surface area contributed by atoms with Crippen LogP contribution in [0.3, 0.4) is 0 Å². The second-order valence-corrected chi connectivity index (χ2v) is 7.33. The van der Waals surface area contributed by atoms with Crippen LogP contribution in [0.1, 0.15) is 15.2 Å². The van der Waals surface area contributed by atoms with Crippen molar-refractivity contribution in [2.45, 2.75) is 6.92 Å². The van der Waals surface area contributed by atoms with Crippen LogP contribution in [-0.2, 0) is 4.79 Å². The van der Waals surface area contributed by atoms with Crippen molar-refractivity contribution in [3.05, 3.63) is 39.9 Å². The first kappa shape index (κ1) is 16.0. The summed E-state index contributed by atoms with van der Waals surface area (Å²) < 4.78 is 0.908. The molecule has 6 nitrogen and oxygen atoms in total. The van der Waals surface area contributed by atoms with Gasteiger partial charge in [-0.15, -0.1) is 11.3 Å². The van der Waals surface area contributed by atoms with Crippen molar-refractivity contribution in [2.75, 3.05) is 13.6 Å². The summed E-state index contributed by atoms with van der Waals surface area (Å²) in [6.07, 6.45) is 0. The van der Waals surface area contributed by atoms with Gasteiger partial charge in [0.15, 0.2) is 0 Å². The molecule has 1 N–H and O–H groups in total. The first-order valence-electron chi connectivity index (χ1n) is 7.56. The van der Waals surface area contributed by atoms with Gasteiger partial charge in [-0.3, -0.25) is 14.9 Å². The zero-order chi connectivity index (χ0) is 17.7. The number of halogens is 1. The number of likely N-dealkylation sites (N-methyl/N-ethyl adjacent to an activating group) is 1. The summed E-state index contributed by atoms with van der Waals surface area (Å²) in [5, 5.41) is 4.62. The van der Waals surface area contributed by atoms with Gasteiger partial charge < -0.3 is 4.90 Å². The second-order valence-electron chi connectivity index (χ2n) is 5.92. The molecule has 0 radical (unpaired) electrons. The number of nitrogens with zero attached hydrogens (tertiary/aromatic N) is 3. The fourth-order valence-corrected chi connectivity index (χ4v) is 4.12. The Balaban J connectivity index is 1.84. The third-order valence-corrected chi connectivity index (χ3v) is 5.43. The Hall–Kier alpha value is -2.51. The van der Waals surface area contributed by atoms with E-state index in [4.69, 9.17) is 11.6 Å². The van der Waals surface area contributed by atoms with Gasteiger partial charge in [-0.1, -0.05) is 23.2 Å². The number of rotatable bonds is 1. The van der Waals surface area contributed by atoms with Crippen molar-refractivity contribution < 1.29 is 9.59 Å². The number of guanidine groups is 1. The van der Waals surface area contributed by atoms with E-state index in [2.05, 4.69) is 15.3 Å². The maximum absolute atomic E-state index is 12.5. The van der Waals surface area contributed by atoms with Gasteiger partial charge >= 0.3 is 0 Å². The predicted octanol–water partition coefficient (Wildman–Crippen LogP) is 2.97. The van der Waals surface area contributed by atoms with E-state index in [9.17, 15) is 9.59 Å². The standard InChI is InChI=1S/C17H13ClN4O2S/c1-8-3-4-11-9(5-8)14-10(15(18)19-11)6-12(25-14)16(24)21-17-20-13(23)7-22(17)2/h3-6H,7H2,1-2H3,(H,20,21,23,24). The summed E-state index contributed by atoms with van der Waals surface area (Å²) >= 11 is 7.62. The number of thiophene rings is 1. The third-order valence-electron chi connectivity index (χ3n) is 3.98. The lowest BCUT2D eigenvalue weighted by atomic mass is 10.1. The number of aromatic nitrogens is 1. The lowest BCUT2D eigenvalue weighted by Gasteiger charge is -2.06. The number of benzene rings is 1. The smallest absolute Gasteiger partial charge is 0.290 e. The van der Waals surface area contributed by atoms with Gasteiger partial charge in [-0.25, -0.2) is 4.98 Å². The zero-order valence-electron chi connectivity index (χ0n) is 13.5. The molecule has 1 aromatic carbocycles. The highest BCUT2D eigenvalue weighted by Crippen LogP contribution is 2.36. The number of carbonyl (C=O) groups is 2. The number of aryl methyl sites for hydroxylation is 1. The number of hydrogen-bond acceptors (Lipinski definition) is 4. The Kier molecular flexibility index (Phi) is 3.70. The predicted molar refractivity (Wildman–Crippen MR) is 99.4 cm³/mol. The fraction of sp³-hybridized carbons (Fsp3) is 0.176. The molecule has 1 fully saturated rings. The van der Waals surface area contributed by atoms with Crippen LogP contribution in [0.15, 0.2) is 29.3 Å². The maximum atomic E-state index is 12.5. The van der Waals surface area contributed by atoms with E-state index in [0.717, 1.165) is 26.6 Å². The Bertz CT molecular complexity index is 1090. The molecule has 0 unspecified atom stereocenters. The van der Waals surface area contributed by atoms with E-state index < -0.39 is 5.91 Å². The summed E-state index contributed by atoms with van der Waals surface area (Å²) in [4.78, 5) is 34.4. The highest BCUT2D eigenvalue weighted by molar-refractivity contribution is 7.21. The summed E-state index contributed by atoms with van der Waals surface area (Å²) in [5.74, 6) is -0.335. The number of aliphatic imine (C=N–C) groups is 1. The van der Waals surface area contributed by atoms with Crippen molar-refractivity contribution in [1.82, 2.24) is 15.2 Å². The Morgan fingerprint density at radius 2 is 2.16 bits per heavy atom. The minimum Gasteiger partial charge on any atom is -0.336 e. The van der Waals surface area contributed by atoms with Crippen molar-refractivity contribution in [3.63, 3.8) is 0 Å². The monoisotopic (exact) mass is 372 g/mol. The molecule has 0 saturated carbocycles. The molecule has 1 aliphatic rings. The van der Waals surface area contributed by atoms with Gasteiger partial charge in [0.25, 0.3) is 5.91 Å². The van der Waals surface area contributed by atoms with Crippen LogP contribution in [0.25, 0.3) is 21.0 Å². The van der Waals surface area contributed by atoms with E-state index in [1.807, 2.05) is 25.1 Å². The molecule has 4 rings (SSSR count). The van der Waals surface area contributed by atoms with Crippen LogP contribution < -0.4 is 5.32 Å². The molecular weight excluding hydrogens is 360 g/mol. The van der Waals surface area contributed by atoms with Crippen LogP contribution in [0.4, 0.5) is 0 Å². The van der Waals surface area contributed by atoms with Crippen LogP contribution in [-0.4, -0.2) is 41.3 Å². The maximum Gasteiger partial charge on any atom is 0.290 e. The highest BCUT2D eigenvalue weighted by atomic mass is 35.5. The van der Waals surface area contributed by atoms with E-state index in [1.165, 1.54) is 11.3 Å². The van der Waals surface area contributed by atoms with Gasteiger partial charge in [0.1, 0.15) is 5.15 Å². The minimum atomic E-state index is -0.415. The number of pyridine rings is 1. The molecule has 1 saturated heterocycles. The van der Waals surface area contributed by atoms with Crippen LogP contribution >= 0.6 is 22.9 Å². The summed E-state index contributed by atoms with van der Waals surface area (Å²) in [7, 11) is 1.70. The molecule has 25 heavy (non-hydrogen) atoms. The van der Waals surface area contributed by atoms with Gasteiger partial charge in [-0.05, 0) is 25.1 Å². The van der Waals surface area contributed by atoms with Crippen LogP contribution in [0.5, 0.6) is 0 Å². The number of hydrogen-bond donors (Lipinski definition) is 1. The summed E-state index contributed by atoms with van der Waals surface area (Å²) in [6, 6.07) is 7.63. The van der Waals surface area contributed by atoms with Crippen molar-refractivity contribution >= 4 is 61.7 Å². The molecule has 2 aromatic heterocycles. The molecule has 0 spiro atoms. The molecule has 1 aliphatic heterocycles. The molecule has 0 aliphatic carbocycles. The molecule has 0 bridgehead atoms. The first-order valence-corrected chi connectivity index (χ1v) is 8.75. The molecule has 126 valence electrons. The third kappa shape index (κ3) is 2.75. The Morgan fingerprint density at radius 1 is 1.36 bits per heavy atom. The van der Waals surface area contributed by atoms with Gasteiger partial charge in [0.2, 0.25) is 11.9 Å². The Morgan fingerprint density at radius 3 is 2.88 bits per heavy atom. The quantitative estimate of drug-likeness (QED) is 0.666. The average Bonchev–Trinajstić information content (AvgIpc) is 3.13. The van der Waals surface area contributed by atoms with Crippen molar-refractivity contribution in [1.29, 1.82) is 0 Å². The number of carbonyl (C=O) groups excluding carboxylic acids is 2. The Labute approximate surface area is 152 Å². The molecule has 0 atom stereocenters.